The number of aliphatic carboxylic acids is 1. The van der Waals surface area contributed by atoms with Crippen molar-refractivity contribution in [3.63, 3.8) is 0 Å². The SMILES string of the molecule is Cc1c(C(=O)NCC(C(=O)O)c2ccc(F)cc2)[nH]c2c1C(=O)CCC2. The van der Waals surface area contributed by atoms with Crippen molar-refractivity contribution in [1.82, 2.24) is 10.3 Å². The van der Waals surface area contributed by atoms with Crippen molar-refractivity contribution in [1.29, 1.82) is 0 Å². The Labute approximate surface area is 149 Å². The second kappa shape index (κ2) is 7.11. The predicted molar refractivity (Wildman–Crippen MR) is 91.9 cm³/mol. The van der Waals surface area contributed by atoms with Crippen molar-refractivity contribution >= 4 is 17.7 Å². The van der Waals surface area contributed by atoms with Gasteiger partial charge in [-0.15, -0.1) is 0 Å². The predicted octanol–water partition coefficient (Wildman–Crippen LogP) is 2.58. The van der Waals surface area contributed by atoms with Gasteiger partial charge < -0.3 is 15.4 Å². The molecule has 0 bridgehead atoms. The fourth-order valence-electron chi connectivity index (χ4n) is 3.33. The zero-order chi connectivity index (χ0) is 18.8. The smallest absolute Gasteiger partial charge is 0.312 e. The first kappa shape index (κ1) is 17.8. The van der Waals surface area contributed by atoms with Crippen LogP contribution in [0.25, 0.3) is 0 Å². The van der Waals surface area contributed by atoms with E-state index in [0.717, 1.165) is 12.1 Å². The standard InChI is InChI=1S/C19H19FN2O4/c1-10-16-14(3-2-4-15(16)23)22-17(10)18(24)21-9-13(19(25)26)11-5-7-12(20)8-6-11/h5-8,13,22H,2-4,9H2,1H3,(H,21,24)(H,25,26). The molecule has 6 nitrogen and oxygen atoms in total. The number of hydrogen-bond donors (Lipinski definition) is 3. The van der Waals surface area contributed by atoms with Crippen LogP contribution in [0.3, 0.4) is 0 Å². The van der Waals surface area contributed by atoms with E-state index in [-0.39, 0.29) is 18.0 Å². The molecule has 0 spiro atoms. The van der Waals surface area contributed by atoms with Gasteiger partial charge in [0.15, 0.2) is 5.78 Å². The second-order valence-electron chi connectivity index (χ2n) is 6.41. The molecule has 136 valence electrons. The summed E-state index contributed by atoms with van der Waals surface area (Å²) in [6, 6.07) is 5.14. The summed E-state index contributed by atoms with van der Waals surface area (Å²) in [5.41, 5.74) is 2.62. The Hall–Kier alpha value is -2.96. The number of aromatic nitrogens is 1. The van der Waals surface area contributed by atoms with Crippen molar-refractivity contribution in [2.45, 2.75) is 32.1 Å². The van der Waals surface area contributed by atoms with Gasteiger partial charge in [-0.05, 0) is 43.0 Å². The molecular weight excluding hydrogens is 339 g/mol. The van der Waals surface area contributed by atoms with Crippen LogP contribution in [-0.2, 0) is 11.2 Å². The number of rotatable bonds is 5. The molecule has 0 saturated heterocycles. The number of amides is 1. The van der Waals surface area contributed by atoms with Crippen LogP contribution in [0, 0.1) is 12.7 Å². The number of halogens is 1. The number of H-pyrrole nitrogens is 1. The number of benzene rings is 1. The first-order valence-electron chi connectivity index (χ1n) is 8.39. The van der Waals surface area contributed by atoms with E-state index in [1.165, 1.54) is 24.3 Å². The number of nitrogens with one attached hydrogen (secondary N) is 2. The van der Waals surface area contributed by atoms with Crippen LogP contribution >= 0.6 is 0 Å². The van der Waals surface area contributed by atoms with Crippen molar-refractivity contribution in [2.75, 3.05) is 6.54 Å². The lowest BCUT2D eigenvalue weighted by molar-refractivity contribution is -0.138. The number of fused-ring (bicyclic) bond motifs is 1. The molecule has 1 aliphatic rings. The van der Waals surface area contributed by atoms with Crippen LogP contribution in [0.2, 0.25) is 0 Å². The highest BCUT2D eigenvalue weighted by atomic mass is 19.1. The number of carbonyl (C=O) groups is 3. The van der Waals surface area contributed by atoms with E-state index in [1.54, 1.807) is 6.92 Å². The second-order valence-corrected chi connectivity index (χ2v) is 6.41. The van der Waals surface area contributed by atoms with Gasteiger partial charge in [-0.1, -0.05) is 12.1 Å². The van der Waals surface area contributed by atoms with Crippen molar-refractivity contribution in [3.05, 3.63) is 58.2 Å². The van der Waals surface area contributed by atoms with Crippen molar-refractivity contribution in [2.24, 2.45) is 0 Å². The molecule has 0 aliphatic heterocycles. The minimum atomic E-state index is -1.12. The third kappa shape index (κ3) is 3.37. The third-order valence-electron chi connectivity index (χ3n) is 4.70. The monoisotopic (exact) mass is 358 g/mol. The Bertz CT molecular complexity index is 870. The van der Waals surface area contributed by atoms with Crippen molar-refractivity contribution < 1.29 is 23.9 Å². The Kier molecular flexibility index (Phi) is 4.88. The molecule has 1 heterocycles. The number of carboxylic acid groups (broad SMARTS) is 1. The summed E-state index contributed by atoms with van der Waals surface area (Å²) in [4.78, 5) is 39.1. The maximum atomic E-state index is 13.0. The number of aryl methyl sites for hydroxylation is 1. The van der Waals surface area contributed by atoms with E-state index in [4.69, 9.17) is 0 Å². The number of carbonyl (C=O) groups excluding carboxylic acids is 2. The summed E-state index contributed by atoms with van der Waals surface area (Å²) in [6.45, 7) is 1.57. The maximum Gasteiger partial charge on any atom is 0.312 e. The molecule has 0 fully saturated rings. The van der Waals surface area contributed by atoms with E-state index < -0.39 is 23.6 Å². The lowest BCUT2D eigenvalue weighted by atomic mass is 9.93. The van der Waals surface area contributed by atoms with Gasteiger partial charge in [-0.3, -0.25) is 14.4 Å². The topological polar surface area (TPSA) is 99.3 Å². The van der Waals surface area contributed by atoms with Gasteiger partial charge in [0.2, 0.25) is 0 Å². The highest BCUT2D eigenvalue weighted by molar-refractivity contribution is 6.04. The minimum Gasteiger partial charge on any atom is -0.481 e. The molecule has 3 N–H and O–H groups in total. The zero-order valence-corrected chi connectivity index (χ0v) is 14.3. The van der Waals surface area contributed by atoms with Gasteiger partial charge >= 0.3 is 5.97 Å². The quantitative estimate of drug-likeness (QED) is 0.765. The molecule has 1 unspecified atom stereocenters. The Morgan fingerprint density at radius 1 is 1.27 bits per heavy atom. The largest absolute Gasteiger partial charge is 0.481 e. The van der Waals surface area contributed by atoms with Crippen LogP contribution in [0.1, 0.15) is 56.4 Å². The molecule has 1 aliphatic carbocycles. The van der Waals surface area contributed by atoms with E-state index in [9.17, 15) is 23.9 Å². The number of ketones is 1. The summed E-state index contributed by atoms with van der Waals surface area (Å²) in [6.07, 6.45) is 1.93. The van der Waals surface area contributed by atoms with Crippen LogP contribution < -0.4 is 5.32 Å². The van der Waals surface area contributed by atoms with Gasteiger partial charge in [-0.2, -0.15) is 0 Å². The number of Topliss-reactive ketones (excluding diaryl/α,β-unsaturated/α-hetero) is 1. The zero-order valence-electron chi connectivity index (χ0n) is 14.3. The molecule has 1 aromatic carbocycles. The molecule has 26 heavy (non-hydrogen) atoms. The number of aromatic amines is 1. The summed E-state index contributed by atoms with van der Waals surface area (Å²) in [7, 11) is 0. The fourth-order valence-corrected chi connectivity index (χ4v) is 3.33. The van der Waals surface area contributed by atoms with Crippen LogP contribution in [0.15, 0.2) is 24.3 Å². The average Bonchev–Trinajstić information content (AvgIpc) is 2.94. The van der Waals surface area contributed by atoms with Gasteiger partial charge in [0.1, 0.15) is 11.5 Å². The van der Waals surface area contributed by atoms with Gasteiger partial charge in [-0.25, -0.2) is 4.39 Å². The highest BCUT2D eigenvalue weighted by Gasteiger charge is 2.27. The molecule has 0 saturated carbocycles. The summed E-state index contributed by atoms with van der Waals surface area (Å²) < 4.78 is 13.0. The number of hydrogen-bond acceptors (Lipinski definition) is 3. The van der Waals surface area contributed by atoms with Crippen LogP contribution in [0.4, 0.5) is 4.39 Å². The van der Waals surface area contributed by atoms with Crippen molar-refractivity contribution in [3.8, 4) is 0 Å². The molecule has 2 aromatic rings. The van der Waals surface area contributed by atoms with E-state index in [1.807, 2.05) is 0 Å². The van der Waals surface area contributed by atoms with E-state index in [0.29, 0.717) is 29.5 Å². The molecule has 1 aromatic heterocycles. The van der Waals surface area contributed by atoms with Crippen LogP contribution in [0.5, 0.6) is 0 Å². The maximum absolute atomic E-state index is 13.0. The Morgan fingerprint density at radius 3 is 2.58 bits per heavy atom. The highest BCUT2D eigenvalue weighted by Crippen LogP contribution is 2.26. The summed E-state index contributed by atoms with van der Waals surface area (Å²) in [5.74, 6) is -3.01. The minimum absolute atomic E-state index is 0.0220. The Balaban J connectivity index is 1.76. The molecular formula is C19H19FN2O4. The molecule has 0 radical (unpaired) electrons. The Morgan fingerprint density at radius 2 is 1.96 bits per heavy atom. The van der Waals surface area contributed by atoms with Gasteiger partial charge in [0, 0.05) is 24.2 Å². The molecule has 1 amide bonds. The lowest BCUT2D eigenvalue weighted by Gasteiger charge is -2.14. The van der Waals surface area contributed by atoms with Gasteiger partial charge in [0.25, 0.3) is 5.91 Å². The lowest BCUT2D eigenvalue weighted by Crippen LogP contribution is -2.32. The third-order valence-corrected chi connectivity index (χ3v) is 4.70. The first-order chi connectivity index (χ1) is 12.4. The average molecular weight is 358 g/mol. The summed E-state index contributed by atoms with van der Waals surface area (Å²) in [5, 5.41) is 12.0. The molecule has 1 atom stereocenters. The normalized spacial score (nSPS) is 14.6. The fraction of sp³-hybridized carbons (Fsp3) is 0.316. The van der Waals surface area contributed by atoms with Crippen LogP contribution in [-0.4, -0.2) is 34.3 Å². The first-order valence-corrected chi connectivity index (χ1v) is 8.39. The molecule has 3 rings (SSSR count). The summed E-state index contributed by atoms with van der Waals surface area (Å²) >= 11 is 0. The van der Waals surface area contributed by atoms with Gasteiger partial charge in [0.05, 0.1) is 5.92 Å². The number of carboxylic acids is 1. The van der Waals surface area contributed by atoms with E-state index >= 15 is 0 Å². The van der Waals surface area contributed by atoms with E-state index in [2.05, 4.69) is 10.3 Å². The molecule has 7 heteroatoms.